The van der Waals surface area contributed by atoms with Crippen molar-refractivity contribution >= 4 is 0 Å². The van der Waals surface area contributed by atoms with Gasteiger partial charge >= 0.3 is 0 Å². The van der Waals surface area contributed by atoms with Crippen molar-refractivity contribution in [1.29, 1.82) is 0 Å². The van der Waals surface area contributed by atoms with Gasteiger partial charge < -0.3 is 10.6 Å². The second-order valence-electron chi connectivity index (χ2n) is 5.75. The van der Waals surface area contributed by atoms with Gasteiger partial charge in [0.1, 0.15) is 0 Å². The molecule has 108 valence electrons. The Morgan fingerprint density at radius 2 is 1.63 bits per heavy atom. The van der Waals surface area contributed by atoms with Crippen molar-refractivity contribution in [2.75, 3.05) is 26.7 Å². The summed E-state index contributed by atoms with van der Waals surface area (Å²) in [6.07, 6.45) is 4.75. The highest BCUT2D eigenvalue weighted by Crippen LogP contribution is 2.08. The number of hydrogen-bond acceptors (Lipinski definition) is 2. The molecular weight excluding hydrogens is 232 g/mol. The van der Waals surface area contributed by atoms with Crippen LogP contribution in [0.1, 0.15) is 37.8 Å². The van der Waals surface area contributed by atoms with Gasteiger partial charge in [0, 0.05) is 6.54 Å². The first-order valence-corrected chi connectivity index (χ1v) is 7.62. The van der Waals surface area contributed by atoms with Gasteiger partial charge in [-0.2, -0.15) is 0 Å². The Kier molecular flexibility index (Phi) is 7.76. The van der Waals surface area contributed by atoms with Gasteiger partial charge in [-0.1, -0.05) is 44.5 Å². The van der Waals surface area contributed by atoms with Crippen LogP contribution in [0.15, 0.2) is 24.3 Å². The second kappa shape index (κ2) is 9.11. The standard InChI is InChI=1S/C17H30N2/c1-4-5-16-6-8-17(9-7-16)11-13-19(3)12-10-15(2)14-18/h6-9,15H,4-5,10-14,18H2,1-3H3. The van der Waals surface area contributed by atoms with Crippen molar-refractivity contribution in [3.63, 3.8) is 0 Å². The topological polar surface area (TPSA) is 29.3 Å². The minimum absolute atomic E-state index is 0.635. The Morgan fingerprint density at radius 3 is 2.16 bits per heavy atom. The number of hydrogen-bond donors (Lipinski definition) is 1. The predicted octanol–water partition coefficient (Wildman–Crippen LogP) is 3.10. The Morgan fingerprint density at radius 1 is 1.05 bits per heavy atom. The van der Waals surface area contributed by atoms with Gasteiger partial charge in [-0.3, -0.25) is 0 Å². The fourth-order valence-electron chi connectivity index (χ4n) is 2.15. The fourth-order valence-corrected chi connectivity index (χ4v) is 2.15. The van der Waals surface area contributed by atoms with Crippen molar-refractivity contribution in [2.24, 2.45) is 11.7 Å². The average molecular weight is 262 g/mol. The maximum absolute atomic E-state index is 5.64. The third-order valence-electron chi connectivity index (χ3n) is 3.75. The summed E-state index contributed by atoms with van der Waals surface area (Å²) in [5.74, 6) is 0.635. The van der Waals surface area contributed by atoms with Crippen LogP contribution in [0.5, 0.6) is 0 Å². The van der Waals surface area contributed by atoms with Crippen molar-refractivity contribution in [1.82, 2.24) is 4.90 Å². The van der Waals surface area contributed by atoms with Gasteiger partial charge in [-0.25, -0.2) is 0 Å². The number of nitrogens with two attached hydrogens (primary N) is 1. The molecule has 0 saturated carbocycles. The highest BCUT2D eigenvalue weighted by atomic mass is 15.1. The second-order valence-corrected chi connectivity index (χ2v) is 5.75. The fraction of sp³-hybridized carbons (Fsp3) is 0.647. The van der Waals surface area contributed by atoms with E-state index >= 15 is 0 Å². The van der Waals surface area contributed by atoms with E-state index in [1.54, 1.807) is 0 Å². The molecule has 19 heavy (non-hydrogen) atoms. The summed E-state index contributed by atoms with van der Waals surface area (Å²) in [5, 5.41) is 0. The van der Waals surface area contributed by atoms with Gasteiger partial charge in [0.25, 0.3) is 0 Å². The van der Waals surface area contributed by atoms with E-state index in [9.17, 15) is 0 Å². The molecule has 0 heterocycles. The lowest BCUT2D eigenvalue weighted by Gasteiger charge is -2.18. The van der Waals surface area contributed by atoms with Crippen LogP contribution in [0.4, 0.5) is 0 Å². The van der Waals surface area contributed by atoms with Gasteiger partial charge in [-0.15, -0.1) is 0 Å². The number of aryl methyl sites for hydroxylation is 1. The molecule has 2 N–H and O–H groups in total. The molecule has 1 unspecified atom stereocenters. The monoisotopic (exact) mass is 262 g/mol. The Balaban J connectivity index is 2.27. The number of likely N-dealkylation sites (N-methyl/N-ethyl adjacent to an activating group) is 1. The highest BCUT2D eigenvalue weighted by molar-refractivity contribution is 5.22. The largest absolute Gasteiger partial charge is 0.330 e. The van der Waals surface area contributed by atoms with Crippen LogP contribution in [-0.4, -0.2) is 31.6 Å². The van der Waals surface area contributed by atoms with Gasteiger partial charge in [0.15, 0.2) is 0 Å². The summed E-state index contributed by atoms with van der Waals surface area (Å²) >= 11 is 0. The summed E-state index contributed by atoms with van der Waals surface area (Å²) in [7, 11) is 2.20. The molecular formula is C17H30N2. The summed E-state index contributed by atoms with van der Waals surface area (Å²) in [4.78, 5) is 2.41. The van der Waals surface area contributed by atoms with Crippen LogP contribution in [0.3, 0.4) is 0 Å². The molecule has 1 aromatic carbocycles. The molecule has 0 aliphatic rings. The van der Waals surface area contributed by atoms with Crippen LogP contribution in [0.2, 0.25) is 0 Å². The third kappa shape index (κ3) is 6.74. The summed E-state index contributed by atoms with van der Waals surface area (Å²) < 4.78 is 0. The molecule has 1 atom stereocenters. The van der Waals surface area contributed by atoms with Gasteiger partial charge in [-0.05, 0) is 56.4 Å². The summed E-state index contributed by atoms with van der Waals surface area (Å²) in [5.41, 5.74) is 8.54. The van der Waals surface area contributed by atoms with Gasteiger partial charge in [0.05, 0.1) is 0 Å². The van der Waals surface area contributed by atoms with E-state index in [1.165, 1.54) is 30.4 Å². The van der Waals surface area contributed by atoms with E-state index in [4.69, 9.17) is 5.73 Å². The molecule has 0 aliphatic carbocycles. The molecule has 0 aliphatic heterocycles. The van der Waals surface area contributed by atoms with Gasteiger partial charge in [0.2, 0.25) is 0 Å². The molecule has 1 aromatic rings. The lowest BCUT2D eigenvalue weighted by molar-refractivity contribution is 0.310. The zero-order valence-corrected chi connectivity index (χ0v) is 12.9. The highest BCUT2D eigenvalue weighted by Gasteiger charge is 2.03. The first-order valence-electron chi connectivity index (χ1n) is 7.62. The molecule has 2 heteroatoms. The summed E-state index contributed by atoms with van der Waals surface area (Å²) in [6.45, 7) is 7.52. The van der Waals surface area contributed by atoms with Crippen molar-refractivity contribution in [3.05, 3.63) is 35.4 Å². The van der Waals surface area contributed by atoms with Crippen LogP contribution in [0, 0.1) is 5.92 Å². The minimum atomic E-state index is 0.635. The molecule has 0 amide bonds. The lowest BCUT2D eigenvalue weighted by Crippen LogP contribution is -2.25. The van der Waals surface area contributed by atoms with E-state index in [0.29, 0.717) is 5.92 Å². The Hall–Kier alpha value is -0.860. The van der Waals surface area contributed by atoms with Crippen LogP contribution in [0.25, 0.3) is 0 Å². The first kappa shape index (κ1) is 16.2. The van der Waals surface area contributed by atoms with Crippen molar-refractivity contribution in [2.45, 2.75) is 39.5 Å². The van der Waals surface area contributed by atoms with E-state index < -0.39 is 0 Å². The Labute approximate surface area is 119 Å². The minimum Gasteiger partial charge on any atom is -0.330 e. The molecule has 0 bridgehead atoms. The van der Waals surface area contributed by atoms with Crippen LogP contribution < -0.4 is 5.73 Å². The zero-order chi connectivity index (χ0) is 14.1. The maximum atomic E-state index is 5.64. The number of benzene rings is 1. The van der Waals surface area contributed by atoms with E-state index in [1.807, 2.05) is 0 Å². The average Bonchev–Trinajstić information content (AvgIpc) is 2.44. The van der Waals surface area contributed by atoms with Crippen molar-refractivity contribution in [3.8, 4) is 0 Å². The van der Waals surface area contributed by atoms with Crippen molar-refractivity contribution < 1.29 is 0 Å². The lowest BCUT2D eigenvalue weighted by atomic mass is 10.1. The normalized spacial score (nSPS) is 12.9. The molecule has 2 nitrogen and oxygen atoms in total. The SMILES string of the molecule is CCCc1ccc(CCN(C)CCC(C)CN)cc1. The van der Waals surface area contributed by atoms with E-state index in [2.05, 4.69) is 50.1 Å². The summed E-state index contributed by atoms with van der Waals surface area (Å²) in [6, 6.07) is 9.10. The van der Waals surface area contributed by atoms with E-state index in [-0.39, 0.29) is 0 Å². The van der Waals surface area contributed by atoms with Crippen LogP contribution >= 0.6 is 0 Å². The number of rotatable bonds is 9. The Bertz CT molecular complexity index is 332. The third-order valence-corrected chi connectivity index (χ3v) is 3.75. The molecule has 0 saturated heterocycles. The first-order chi connectivity index (χ1) is 9.15. The maximum Gasteiger partial charge on any atom is 0.00188 e. The molecule has 0 radical (unpaired) electrons. The smallest absolute Gasteiger partial charge is 0.00188 e. The molecule has 0 spiro atoms. The molecule has 0 aromatic heterocycles. The molecule has 0 fully saturated rings. The quantitative estimate of drug-likeness (QED) is 0.741. The predicted molar refractivity (Wildman–Crippen MR) is 84.5 cm³/mol. The zero-order valence-electron chi connectivity index (χ0n) is 12.9. The van der Waals surface area contributed by atoms with E-state index in [0.717, 1.165) is 26.1 Å². The molecule has 1 rings (SSSR count). The van der Waals surface area contributed by atoms with Crippen LogP contribution in [-0.2, 0) is 12.8 Å². The number of nitrogens with zero attached hydrogens (tertiary/aromatic N) is 1.